The molecule has 1 saturated heterocycles. The maximum Gasteiger partial charge on any atom is 0.303 e. The van der Waals surface area contributed by atoms with Crippen LogP contribution >= 0.6 is 0 Å². The van der Waals surface area contributed by atoms with Crippen LogP contribution in [0, 0.1) is 0 Å². The summed E-state index contributed by atoms with van der Waals surface area (Å²) in [6.45, 7) is -0.182. The molecule has 0 bridgehead atoms. The standard InChI is InChI=1S/C22H24F2O8/c1-29-16-9-14(26)13(20-19(27)21(28)22(23,24)18(10-25)32-20)8-12(16)6-11-2-3-15-17(7-11)31-5-4-30-15/h2-3,7-9,18-21,25-28H,4-6,10H2,1H3/t18-,19+,20+,21-/m1/s1. The molecular weight excluding hydrogens is 430 g/mol. The molecule has 0 aromatic heterocycles. The Morgan fingerprint density at radius 3 is 2.50 bits per heavy atom. The Morgan fingerprint density at radius 1 is 1.09 bits per heavy atom. The van der Waals surface area contributed by atoms with Crippen molar-refractivity contribution in [3.8, 4) is 23.0 Å². The fourth-order valence-corrected chi connectivity index (χ4v) is 3.96. The Morgan fingerprint density at radius 2 is 1.81 bits per heavy atom. The van der Waals surface area contributed by atoms with Crippen molar-refractivity contribution in [3.05, 3.63) is 47.0 Å². The van der Waals surface area contributed by atoms with Gasteiger partial charge in [0.1, 0.15) is 49.1 Å². The lowest BCUT2D eigenvalue weighted by molar-refractivity contribution is -0.296. The molecule has 0 aliphatic carbocycles. The van der Waals surface area contributed by atoms with Gasteiger partial charge in [-0.15, -0.1) is 0 Å². The van der Waals surface area contributed by atoms with Crippen molar-refractivity contribution in [3.63, 3.8) is 0 Å². The van der Waals surface area contributed by atoms with Crippen molar-refractivity contribution in [2.45, 2.75) is 36.8 Å². The molecule has 0 spiro atoms. The molecule has 2 aromatic rings. The third-order valence-electron chi connectivity index (χ3n) is 5.67. The molecule has 10 heteroatoms. The van der Waals surface area contributed by atoms with Crippen LogP contribution in [0.5, 0.6) is 23.0 Å². The first-order valence-electron chi connectivity index (χ1n) is 10.0. The van der Waals surface area contributed by atoms with E-state index in [0.717, 1.165) is 5.56 Å². The molecule has 2 heterocycles. The molecule has 2 aromatic carbocycles. The number of halogens is 2. The van der Waals surface area contributed by atoms with Crippen LogP contribution in [-0.2, 0) is 11.2 Å². The number of aliphatic hydroxyl groups excluding tert-OH is 3. The van der Waals surface area contributed by atoms with E-state index in [2.05, 4.69) is 0 Å². The fourth-order valence-electron chi connectivity index (χ4n) is 3.96. The molecule has 8 nitrogen and oxygen atoms in total. The van der Waals surface area contributed by atoms with E-state index < -0.39 is 36.9 Å². The van der Waals surface area contributed by atoms with Gasteiger partial charge in [0, 0.05) is 18.1 Å². The molecule has 0 amide bonds. The van der Waals surface area contributed by atoms with Gasteiger partial charge in [-0.2, -0.15) is 0 Å². The van der Waals surface area contributed by atoms with E-state index in [1.54, 1.807) is 12.1 Å². The van der Waals surface area contributed by atoms with Crippen LogP contribution < -0.4 is 14.2 Å². The number of phenolic OH excluding ortho intramolecular Hbond substituents is 1. The van der Waals surface area contributed by atoms with E-state index in [0.29, 0.717) is 42.4 Å². The first-order valence-corrected chi connectivity index (χ1v) is 10.0. The minimum Gasteiger partial charge on any atom is -0.507 e. The van der Waals surface area contributed by atoms with E-state index in [1.807, 2.05) is 6.07 Å². The summed E-state index contributed by atoms with van der Waals surface area (Å²) in [5, 5.41) is 40.0. The molecule has 0 radical (unpaired) electrons. The Bertz CT molecular complexity index is 979. The van der Waals surface area contributed by atoms with Crippen LogP contribution in [-0.4, -0.2) is 71.6 Å². The number of benzene rings is 2. The van der Waals surface area contributed by atoms with Gasteiger partial charge in [-0.3, -0.25) is 0 Å². The van der Waals surface area contributed by atoms with Gasteiger partial charge >= 0.3 is 5.92 Å². The lowest BCUT2D eigenvalue weighted by Crippen LogP contribution is -2.59. The monoisotopic (exact) mass is 454 g/mol. The van der Waals surface area contributed by atoms with Crippen LogP contribution in [0.3, 0.4) is 0 Å². The van der Waals surface area contributed by atoms with Crippen molar-refractivity contribution in [2.75, 3.05) is 26.9 Å². The summed E-state index contributed by atoms with van der Waals surface area (Å²) in [5.41, 5.74) is 1.38. The molecule has 0 saturated carbocycles. The summed E-state index contributed by atoms with van der Waals surface area (Å²) in [5.74, 6) is -2.68. The van der Waals surface area contributed by atoms with Crippen LogP contribution in [0.4, 0.5) is 8.78 Å². The maximum absolute atomic E-state index is 14.1. The molecule has 4 atom stereocenters. The summed E-state index contributed by atoms with van der Waals surface area (Å²) in [6, 6.07) is 8.15. The Labute approximate surface area is 182 Å². The average Bonchev–Trinajstić information content (AvgIpc) is 2.79. The number of aromatic hydroxyl groups is 1. The highest BCUT2D eigenvalue weighted by molar-refractivity contribution is 5.51. The third kappa shape index (κ3) is 3.95. The number of phenols is 1. The Balaban J connectivity index is 1.68. The number of rotatable bonds is 5. The number of ether oxygens (including phenoxy) is 4. The van der Waals surface area contributed by atoms with E-state index in [9.17, 15) is 29.2 Å². The quantitative estimate of drug-likeness (QED) is 0.538. The topological polar surface area (TPSA) is 118 Å². The van der Waals surface area contributed by atoms with Gasteiger partial charge in [-0.25, -0.2) is 8.78 Å². The average molecular weight is 454 g/mol. The summed E-state index contributed by atoms with van der Waals surface area (Å²) >= 11 is 0. The van der Waals surface area contributed by atoms with Gasteiger partial charge in [0.25, 0.3) is 0 Å². The number of methoxy groups -OCH3 is 1. The number of aliphatic hydroxyl groups is 3. The maximum atomic E-state index is 14.1. The molecular formula is C22H24F2O8. The van der Waals surface area contributed by atoms with E-state index in [1.165, 1.54) is 19.2 Å². The van der Waals surface area contributed by atoms with Gasteiger partial charge < -0.3 is 39.4 Å². The van der Waals surface area contributed by atoms with Gasteiger partial charge in [-0.1, -0.05) is 6.07 Å². The van der Waals surface area contributed by atoms with Crippen molar-refractivity contribution >= 4 is 0 Å². The fraction of sp³-hybridized carbons (Fsp3) is 0.455. The second-order valence-electron chi connectivity index (χ2n) is 7.72. The first-order chi connectivity index (χ1) is 15.3. The number of hydrogen-bond donors (Lipinski definition) is 4. The minimum absolute atomic E-state index is 0.0150. The summed E-state index contributed by atoms with van der Waals surface area (Å²) in [4.78, 5) is 0. The summed E-state index contributed by atoms with van der Waals surface area (Å²) in [7, 11) is 1.42. The van der Waals surface area contributed by atoms with Gasteiger partial charge in [0.15, 0.2) is 11.5 Å². The zero-order valence-corrected chi connectivity index (χ0v) is 17.2. The second-order valence-corrected chi connectivity index (χ2v) is 7.72. The number of alkyl halides is 2. The van der Waals surface area contributed by atoms with E-state index in [4.69, 9.17) is 18.9 Å². The first kappa shape index (κ1) is 22.5. The molecule has 2 aliphatic rings. The van der Waals surface area contributed by atoms with Crippen molar-refractivity contribution in [1.82, 2.24) is 0 Å². The molecule has 1 fully saturated rings. The van der Waals surface area contributed by atoms with Gasteiger partial charge in [-0.05, 0) is 29.3 Å². The predicted molar refractivity (Wildman–Crippen MR) is 107 cm³/mol. The zero-order valence-electron chi connectivity index (χ0n) is 17.2. The Kier molecular flexibility index (Phi) is 6.13. The number of hydrogen-bond acceptors (Lipinski definition) is 8. The van der Waals surface area contributed by atoms with Gasteiger partial charge in [0.05, 0.1) is 13.7 Å². The van der Waals surface area contributed by atoms with Gasteiger partial charge in [0.2, 0.25) is 0 Å². The van der Waals surface area contributed by atoms with Crippen molar-refractivity contribution in [1.29, 1.82) is 0 Å². The normalized spacial score (nSPS) is 26.6. The molecule has 2 aliphatic heterocycles. The lowest BCUT2D eigenvalue weighted by Gasteiger charge is -2.42. The molecule has 174 valence electrons. The lowest BCUT2D eigenvalue weighted by atomic mass is 9.88. The van der Waals surface area contributed by atoms with Crippen molar-refractivity contribution < 1.29 is 48.2 Å². The third-order valence-corrected chi connectivity index (χ3v) is 5.67. The second kappa shape index (κ2) is 8.70. The van der Waals surface area contributed by atoms with Crippen molar-refractivity contribution in [2.24, 2.45) is 0 Å². The molecule has 4 N–H and O–H groups in total. The van der Waals surface area contributed by atoms with Crippen LogP contribution in [0.2, 0.25) is 0 Å². The van der Waals surface area contributed by atoms with E-state index in [-0.39, 0.29) is 11.3 Å². The van der Waals surface area contributed by atoms with Crippen LogP contribution in [0.25, 0.3) is 0 Å². The predicted octanol–water partition coefficient (Wildman–Crippen LogP) is 1.55. The summed E-state index contributed by atoms with van der Waals surface area (Å²) < 4.78 is 49.9. The van der Waals surface area contributed by atoms with E-state index >= 15 is 0 Å². The van der Waals surface area contributed by atoms with Crippen LogP contribution in [0.15, 0.2) is 30.3 Å². The molecule has 32 heavy (non-hydrogen) atoms. The highest BCUT2D eigenvalue weighted by atomic mass is 19.3. The van der Waals surface area contributed by atoms with Crippen LogP contribution in [0.1, 0.15) is 22.8 Å². The molecule has 4 rings (SSSR count). The minimum atomic E-state index is -3.86. The smallest absolute Gasteiger partial charge is 0.303 e. The summed E-state index contributed by atoms with van der Waals surface area (Å²) in [6.07, 6.45) is -7.74. The SMILES string of the molecule is COc1cc(O)c([C@@H]2O[C@H](CO)C(F)(F)[C@H](O)[C@H]2O)cc1Cc1ccc2c(c1)OCCO2. The highest BCUT2D eigenvalue weighted by Crippen LogP contribution is 2.44. The highest BCUT2D eigenvalue weighted by Gasteiger charge is 2.57. The zero-order chi connectivity index (χ0) is 23.0. The molecule has 0 unspecified atom stereocenters. The largest absolute Gasteiger partial charge is 0.507 e. The Hall–Kier alpha value is -2.66. The number of fused-ring (bicyclic) bond motifs is 1.